The lowest BCUT2D eigenvalue weighted by atomic mass is 9.99. The van der Waals surface area contributed by atoms with Crippen molar-refractivity contribution in [2.24, 2.45) is 17.8 Å². The molecule has 0 aromatic carbocycles. The van der Waals surface area contributed by atoms with Crippen LogP contribution in [-0.4, -0.2) is 19.9 Å². The second-order valence-corrected chi connectivity index (χ2v) is 7.35. The molecule has 19 heavy (non-hydrogen) atoms. The van der Waals surface area contributed by atoms with Crippen molar-refractivity contribution in [1.82, 2.24) is 9.71 Å². The molecule has 0 atom stereocenters. The minimum Gasteiger partial charge on any atom is -0.328 e. The zero-order valence-corrected chi connectivity index (χ0v) is 11.4. The molecule has 2 aliphatic carbocycles. The van der Waals surface area contributed by atoms with Crippen LogP contribution in [0.25, 0.3) is 0 Å². The van der Waals surface area contributed by atoms with Crippen LogP contribution < -0.4 is 10.3 Å². The van der Waals surface area contributed by atoms with Crippen LogP contribution in [0.15, 0.2) is 28.0 Å². The van der Waals surface area contributed by atoms with Gasteiger partial charge in [-0.25, -0.2) is 13.1 Å². The Kier molecular flexibility index (Phi) is 3.22. The highest BCUT2D eigenvalue weighted by Crippen LogP contribution is 2.48. The lowest BCUT2D eigenvalue weighted by Gasteiger charge is -2.16. The zero-order chi connectivity index (χ0) is 13.5. The zero-order valence-electron chi connectivity index (χ0n) is 10.6. The van der Waals surface area contributed by atoms with Crippen molar-refractivity contribution in [3.05, 3.63) is 28.7 Å². The molecule has 3 rings (SSSR count). The smallest absolute Gasteiger partial charge is 0.247 e. The van der Waals surface area contributed by atoms with Crippen LogP contribution >= 0.6 is 0 Å². The highest BCUT2D eigenvalue weighted by Gasteiger charge is 2.41. The fraction of sp³-hybridized carbons (Fsp3) is 0.615. The molecule has 2 aliphatic rings. The summed E-state index contributed by atoms with van der Waals surface area (Å²) in [6.45, 7) is 0.525. The Bertz CT molecular complexity index is 583. The number of rotatable bonds is 6. The van der Waals surface area contributed by atoms with Gasteiger partial charge in [-0.15, -0.1) is 0 Å². The molecule has 6 heteroatoms. The van der Waals surface area contributed by atoms with Crippen molar-refractivity contribution < 1.29 is 8.42 Å². The number of aromatic nitrogens is 1. The number of nitrogens with one attached hydrogen (secondary N) is 2. The highest BCUT2D eigenvalue weighted by atomic mass is 32.2. The molecule has 2 saturated carbocycles. The SMILES string of the molecule is O=c1ccc(S(=O)(=O)NCC(C2CC2)C2CC2)c[nH]1. The van der Waals surface area contributed by atoms with Crippen molar-refractivity contribution in [3.63, 3.8) is 0 Å². The Balaban J connectivity index is 1.67. The standard InChI is InChI=1S/C13H18N2O3S/c16-13-6-5-11(7-14-13)19(17,18)15-8-12(9-1-2-9)10-3-4-10/h5-7,9-10,12,15H,1-4,8H2,(H,14,16). The Hall–Kier alpha value is -1.14. The van der Waals surface area contributed by atoms with Crippen LogP contribution in [0, 0.1) is 17.8 Å². The van der Waals surface area contributed by atoms with Crippen molar-refractivity contribution in [2.45, 2.75) is 30.6 Å². The average Bonchev–Trinajstić information content (AvgIpc) is 3.24. The summed E-state index contributed by atoms with van der Waals surface area (Å²) in [5, 5.41) is 0. The Morgan fingerprint density at radius 2 is 1.84 bits per heavy atom. The maximum absolute atomic E-state index is 12.1. The number of hydrogen-bond donors (Lipinski definition) is 2. The largest absolute Gasteiger partial charge is 0.328 e. The number of H-pyrrole nitrogens is 1. The van der Waals surface area contributed by atoms with E-state index in [0.29, 0.717) is 24.3 Å². The van der Waals surface area contributed by atoms with Crippen LogP contribution in [-0.2, 0) is 10.0 Å². The minimum atomic E-state index is -3.50. The molecule has 0 radical (unpaired) electrons. The van der Waals surface area contributed by atoms with Crippen LogP contribution in [0.4, 0.5) is 0 Å². The van der Waals surface area contributed by atoms with E-state index in [1.165, 1.54) is 44.0 Å². The van der Waals surface area contributed by atoms with E-state index >= 15 is 0 Å². The molecule has 0 unspecified atom stereocenters. The lowest BCUT2D eigenvalue weighted by molar-refractivity contribution is 0.401. The average molecular weight is 282 g/mol. The van der Waals surface area contributed by atoms with Gasteiger partial charge in [-0.2, -0.15) is 0 Å². The molecule has 0 saturated heterocycles. The highest BCUT2D eigenvalue weighted by molar-refractivity contribution is 7.89. The molecule has 0 bridgehead atoms. The van der Waals surface area contributed by atoms with Crippen molar-refractivity contribution >= 4 is 10.0 Å². The van der Waals surface area contributed by atoms with Crippen molar-refractivity contribution in [2.75, 3.05) is 6.54 Å². The van der Waals surface area contributed by atoms with Crippen molar-refractivity contribution in [1.29, 1.82) is 0 Å². The van der Waals surface area contributed by atoms with Gasteiger partial charge in [0.2, 0.25) is 15.6 Å². The predicted octanol–water partition coefficient (Wildman–Crippen LogP) is 1.09. The predicted molar refractivity (Wildman–Crippen MR) is 71.2 cm³/mol. The van der Waals surface area contributed by atoms with Gasteiger partial charge in [0.15, 0.2) is 0 Å². The molecular weight excluding hydrogens is 264 g/mol. The van der Waals surface area contributed by atoms with Gasteiger partial charge in [0, 0.05) is 18.8 Å². The fourth-order valence-corrected chi connectivity index (χ4v) is 3.66. The molecule has 1 aromatic rings. The Morgan fingerprint density at radius 3 is 2.32 bits per heavy atom. The third kappa shape index (κ3) is 3.06. The summed E-state index contributed by atoms with van der Waals surface area (Å²) in [6.07, 6.45) is 6.19. The first-order valence-corrected chi connectivity index (χ1v) is 8.23. The van der Waals surface area contributed by atoms with E-state index in [0.717, 1.165) is 0 Å². The lowest BCUT2D eigenvalue weighted by Crippen LogP contribution is -2.31. The normalized spacial score (nSPS) is 19.8. The molecule has 1 heterocycles. The topological polar surface area (TPSA) is 79.0 Å². The third-order valence-electron chi connectivity index (χ3n) is 4.03. The molecule has 2 fully saturated rings. The van der Waals surface area contributed by atoms with Crippen LogP contribution in [0.2, 0.25) is 0 Å². The van der Waals surface area contributed by atoms with E-state index in [4.69, 9.17) is 0 Å². The van der Waals surface area contributed by atoms with Crippen LogP contribution in [0.3, 0.4) is 0 Å². The van der Waals surface area contributed by atoms with Crippen LogP contribution in [0.1, 0.15) is 25.7 Å². The Morgan fingerprint density at radius 1 is 1.21 bits per heavy atom. The summed E-state index contributed by atoms with van der Waals surface area (Å²) in [5.74, 6) is 1.93. The summed E-state index contributed by atoms with van der Waals surface area (Å²) in [6, 6.07) is 2.57. The molecule has 0 amide bonds. The molecule has 0 spiro atoms. The number of sulfonamides is 1. The Labute approximate surface area is 112 Å². The summed E-state index contributed by atoms with van der Waals surface area (Å²) in [7, 11) is -3.50. The summed E-state index contributed by atoms with van der Waals surface area (Å²) in [4.78, 5) is 13.5. The molecule has 104 valence electrons. The number of aromatic amines is 1. The third-order valence-corrected chi connectivity index (χ3v) is 5.45. The molecule has 2 N–H and O–H groups in total. The monoisotopic (exact) mass is 282 g/mol. The summed E-state index contributed by atoms with van der Waals surface area (Å²) < 4.78 is 26.9. The molecule has 0 aliphatic heterocycles. The second-order valence-electron chi connectivity index (χ2n) is 5.58. The van der Waals surface area contributed by atoms with Gasteiger partial charge in [-0.1, -0.05) is 0 Å². The molecule has 1 aromatic heterocycles. The number of hydrogen-bond acceptors (Lipinski definition) is 3. The fourth-order valence-electron chi connectivity index (χ4n) is 2.62. The quantitative estimate of drug-likeness (QED) is 0.819. The molecular formula is C13H18N2O3S. The van der Waals surface area contributed by atoms with E-state index in [1.54, 1.807) is 0 Å². The number of pyridine rings is 1. The van der Waals surface area contributed by atoms with Gasteiger partial charge in [0.1, 0.15) is 0 Å². The first-order chi connectivity index (χ1) is 9.06. The van der Waals surface area contributed by atoms with Crippen LogP contribution in [0.5, 0.6) is 0 Å². The van der Waals surface area contributed by atoms with Gasteiger partial charge < -0.3 is 4.98 Å². The molecule has 5 nitrogen and oxygen atoms in total. The van der Waals surface area contributed by atoms with E-state index in [2.05, 4.69) is 9.71 Å². The summed E-state index contributed by atoms with van der Waals surface area (Å²) >= 11 is 0. The van der Waals surface area contributed by atoms with Crippen molar-refractivity contribution in [3.8, 4) is 0 Å². The summed E-state index contributed by atoms with van der Waals surface area (Å²) in [5.41, 5.74) is -0.298. The van der Waals surface area contributed by atoms with E-state index in [9.17, 15) is 13.2 Å². The van der Waals surface area contributed by atoms with Gasteiger partial charge in [-0.05, 0) is 49.5 Å². The maximum atomic E-state index is 12.1. The van der Waals surface area contributed by atoms with E-state index in [1.807, 2.05) is 0 Å². The van der Waals surface area contributed by atoms with Gasteiger partial charge in [0.05, 0.1) is 4.90 Å². The minimum absolute atomic E-state index is 0.123. The second kappa shape index (κ2) is 4.76. The van der Waals surface area contributed by atoms with Gasteiger partial charge in [0.25, 0.3) is 0 Å². The maximum Gasteiger partial charge on any atom is 0.247 e. The first-order valence-electron chi connectivity index (χ1n) is 6.75. The first kappa shape index (κ1) is 12.9. The van der Waals surface area contributed by atoms with E-state index < -0.39 is 10.0 Å². The van der Waals surface area contributed by atoms with E-state index in [-0.39, 0.29) is 10.5 Å². The van der Waals surface area contributed by atoms with Gasteiger partial charge in [-0.3, -0.25) is 4.79 Å². The van der Waals surface area contributed by atoms with Gasteiger partial charge >= 0.3 is 0 Å².